The van der Waals surface area contributed by atoms with Crippen LogP contribution in [0.2, 0.25) is 0 Å². The molecule has 18 nitrogen and oxygen atoms in total. The van der Waals surface area contributed by atoms with Gasteiger partial charge in [-0.2, -0.15) is 4.58 Å². The fraction of sp³-hybridized carbons (Fsp3) is 0.476. The van der Waals surface area contributed by atoms with Crippen molar-refractivity contribution in [1.29, 1.82) is 0 Å². The maximum atomic E-state index is 12.3. The van der Waals surface area contributed by atoms with Crippen LogP contribution in [0.1, 0.15) is 75.8 Å². The molecule has 0 saturated carbocycles. The number of carboxylic acid groups (broad SMARTS) is 1. The third kappa shape index (κ3) is 13.7. The summed E-state index contributed by atoms with van der Waals surface area (Å²) < 4.78 is 155. The number of ether oxygens (including phenoxy) is 2. The smallest absolute Gasteiger partial charge is 0.303 e. The van der Waals surface area contributed by atoms with Gasteiger partial charge in [-0.15, -0.1) is 0 Å². The number of unbranched alkanes of at least 4 members (excludes halogenated alkanes) is 2. The number of carbonyl (C=O) groups is 1. The second-order valence-electron chi connectivity index (χ2n) is 15.7. The number of hydrogen-bond acceptors (Lipinski definition) is 16. The number of fused-ring (bicyclic) bond motifs is 2. The van der Waals surface area contributed by atoms with Gasteiger partial charge in [-0.1, -0.05) is 36.8 Å². The lowest BCUT2D eigenvalue weighted by Gasteiger charge is -2.34. The maximum Gasteiger partial charge on any atom is 0.303 e. The van der Waals surface area contributed by atoms with Crippen molar-refractivity contribution in [3.63, 3.8) is 0 Å². The zero-order valence-electron chi connectivity index (χ0n) is 35.7. The number of nitrogens with zero attached hydrogens (tertiary/aromatic N) is 2. The van der Waals surface area contributed by atoms with Crippen LogP contribution in [0.3, 0.4) is 0 Å². The Labute approximate surface area is 375 Å². The third-order valence-electron chi connectivity index (χ3n) is 11.4. The summed E-state index contributed by atoms with van der Waals surface area (Å²) in [6, 6.07) is 7.92. The van der Waals surface area contributed by atoms with Gasteiger partial charge < -0.3 is 37.7 Å². The molecule has 0 saturated heterocycles. The average molecular weight is 970 g/mol. The minimum Gasteiger partial charge on any atom is -0.748 e. The van der Waals surface area contributed by atoms with E-state index in [-0.39, 0.29) is 51.7 Å². The van der Waals surface area contributed by atoms with Gasteiger partial charge >= 0.3 is 5.97 Å². The molecule has 2 aliphatic rings. The molecule has 22 heteroatoms. The number of anilines is 1. The van der Waals surface area contributed by atoms with Crippen LogP contribution in [-0.4, -0.2) is 125 Å². The number of hydrogen-bond donors (Lipinski definition) is 1. The molecule has 0 bridgehead atoms. The molecule has 64 heavy (non-hydrogen) atoms. The summed E-state index contributed by atoms with van der Waals surface area (Å²) >= 11 is 0. The molecule has 0 spiro atoms. The van der Waals surface area contributed by atoms with E-state index < -0.39 is 78.6 Å². The highest BCUT2D eigenvalue weighted by molar-refractivity contribution is 7.86. The normalized spacial score (nSPS) is 20.1. The molecule has 2 aliphatic heterocycles. The van der Waals surface area contributed by atoms with Crippen molar-refractivity contribution in [3.8, 4) is 0 Å². The average Bonchev–Trinajstić information content (AvgIpc) is 3.57. The van der Waals surface area contributed by atoms with Gasteiger partial charge in [0.1, 0.15) is 26.8 Å². The van der Waals surface area contributed by atoms with E-state index in [9.17, 15) is 56.7 Å². The standard InChI is InChI=1S/C42H56N2O16S4/c1-41(21-12-28-61(47,48)49)34-30-32(63(53,54)55)17-19-36(34)44(25-27-60-3)38(41)14-8-5-4-6-9-15-39-42(23-26-59-2,22-13-29-62(50,51)52)35-31-33(64(56,57)58)18-20-37(35)43(39)24-11-7-10-16-40(45)46/h4-6,8-9,14-15,17-20,30-31H,7,10-13,16,21-29H2,1-3H3,(H4-,45,46,47,48,49,50,51,52,53,54,55,56,57,58)/p-3. The van der Waals surface area contributed by atoms with E-state index in [0.717, 1.165) is 0 Å². The predicted octanol–water partition coefficient (Wildman–Crippen LogP) is 4.14. The van der Waals surface area contributed by atoms with Gasteiger partial charge in [0, 0.05) is 79.8 Å². The van der Waals surface area contributed by atoms with Gasteiger partial charge in [0.05, 0.1) is 35.4 Å². The molecular formula is C42H53N2O16S4-3. The second-order valence-corrected chi connectivity index (χ2v) is 21.5. The molecule has 2 aromatic rings. The highest BCUT2D eigenvalue weighted by Gasteiger charge is 2.48. The molecule has 354 valence electrons. The molecule has 2 atom stereocenters. The Morgan fingerprint density at radius 2 is 1.30 bits per heavy atom. The van der Waals surface area contributed by atoms with Gasteiger partial charge in [0.2, 0.25) is 5.69 Å². The Bertz CT molecular complexity index is 2640. The summed E-state index contributed by atoms with van der Waals surface area (Å²) in [5.74, 6) is -2.31. The molecule has 2 aromatic carbocycles. The first-order valence-corrected chi connectivity index (χ1v) is 26.3. The highest BCUT2D eigenvalue weighted by atomic mass is 32.2. The van der Waals surface area contributed by atoms with Crippen molar-refractivity contribution in [2.24, 2.45) is 0 Å². The predicted molar refractivity (Wildman–Crippen MR) is 233 cm³/mol. The van der Waals surface area contributed by atoms with Crippen molar-refractivity contribution in [3.05, 3.63) is 95.8 Å². The van der Waals surface area contributed by atoms with Crippen molar-refractivity contribution >= 4 is 63.5 Å². The van der Waals surface area contributed by atoms with E-state index in [4.69, 9.17) is 14.6 Å². The van der Waals surface area contributed by atoms with Gasteiger partial charge in [0.15, 0.2) is 12.3 Å². The Kier molecular flexibility index (Phi) is 18.0. The molecule has 2 heterocycles. The summed E-state index contributed by atoms with van der Waals surface area (Å²) in [5, 5.41) is 9.15. The van der Waals surface area contributed by atoms with Crippen LogP contribution in [0.5, 0.6) is 0 Å². The third-order valence-corrected chi connectivity index (χ3v) is 14.6. The Morgan fingerprint density at radius 3 is 1.89 bits per heavy atom. The monoisotopic (exact) mass is 969 g/mol. The van der Waals surface area contributed by atoms with Gasteiger partial charge in [-0.05, 0) is 93.8 Å². The van der Waals surface area contributed by atoms with Crippen LogP contribution in [0.4, 0.5) is 11.4 Å². The van der Waals surface area contributed by atoms with Gasteiger partial charge in [-0.3, -0.25) is 4.79 Å². The fourth-order valence-corrected chi connectivity index (χ4v) is 10.5. The van der Waals surface area contributed by atoms with Crippen molar-refractivity contribution in [2.45, 2.75) is 85.3 Å². The first-order valence-electron chi connectivity index (χ1n) is 20.3. The van der Waals surface area contributed by atoms with Crippen LogP contribution in [-0.2, 0) is 65.6 Å². The minimum absolute atomic E-state index is 0.0377. The lowest BCUT2D eigenvalue weighted by atomic mass is 9.73. The molecular weight excluding hydrogens is 917 g/mol. The summed E-state index contributed by atoms with van der Waals surface area (Å²) in [6.07, 6.45) is 13.6. The topological polar surface area (TPSA) is 291 Å². The molecule has 0 radical (unpaired) electrons. The van der Waals surface area contributed by atoms with Crippen molar-refractivity contribution < 1.29 is 75.8 Å². The van der Waals surface area contributed by atoms with E-state index in [0.29, 0.717) is 66.3 Å². The lowest BCUT2D eigenvalue weighted by molar-refractivity contribution is -0.441. The van der Waals surface area contributed by atoms with Gasteiger partial charge in [0.25, 0.3) is 0 Å². The number of carboxylic acids is 1. The molecule has 1 N–H and O–H groups in total. The van der Waals surface area contributed by atoms with Crippen LogP contribution in [0.15, 0.2) is 94.4 Å². The number of methoxy groups -OCH3 is 2. The highest BCUT2D eigenvalue weighted by Crippen LogP contribution is 2.53. The summed E-state index contributed by atoms with van der Waals surface area (Å²) in [7, 11) is -16.0. The SMILES string of the molecule is COCC[N+]1=C(/C=C/C=C/C=C/C=C2/N(CCCCCC(=O)O)c3ccc(S(=O)(=O)[O-])cc3C2(CCCS(=O)(=O)[O-])CCOC)C(C)(CCCS(=O)(=O)[O-])c2cc(S(=O)(=O)[O-])ccc21. The van der Waals surface area contributed by atoms with Crippen molar-refractivity contribution in [2.75, 3.05) is 56.9 Å². The van der Waals surface area contributed by atoms with E-state index >= 15 is 0 Å². The number of aliphatic carboxylic acids is 1. The van der Waals surface area contributed by atoms with Crippen LogP contribution < -0.4 is 4.90 Å². The van der Waals surface area contributed by atoms with Crippen LogP contribution in [0.25, 0.3) is 0 Å². The molecule has 0 amide bonds. The lowest BCUT2D eigenvalue weighted by Crippen LogP contribution is -2.33. The largest absolute Gasteiger partial charge is 0.748 e. The summed E-state index contributed by atoms with van der Waals surface area (Å²) in [4.78, 5) is 12.1. The number of allylic oxidation sites excluding steroid dienone is 8. The van der Waals surface area contributed by atoms with Crippen LogP contribution in [0, 0.1) is 0 Å². The number of benzene rings is 2. The van der Waals surface area contributed by atoms with Crippen LogP contribution >= 0.6 is 0 Å². The molecule has 0 aromatic heterocycles. The van der Waals surface area contributed by atoms with E-state index in [1.54, 1.807) is 49.5 Å². The Balaban J connectivity index is 1.79. The van der Waals surface area contributed by atoms with E-state index in [1.807, 2.05) is 9.48 Å². The Morgan fingerprint density at radius 1 is 0.719 bits per heavy atom. The molecule has 0 aliphatic carbocycles. The zero-order chi connectivity index (χ0) is 47.6. The van der Waals surface area contributed by atoms with E-state index in [2.05, 4.69) is 0 Å². The molecule has 4 rings (SSSR count). The molecule has 2 unspecified atom stereocenters. The van der Waals surface area contributed by atoms with Crippen molar-refractivity contribution in [1.82, 2.24) is 0 Å². The summed E-state index contributed by atoms with van der Waals surface area (Å²) in [5.41, 5.74) is 1.04. The first kappa shape index (κ1) is 52.5. The molecule has 0 fully saturated rings. The summed E-state index contributed by atoms with van der Waals surface area (Å²) in [6.45, 7) is 2.77. The minimum atomic E-state index is -4.93. The quantitative estimate of drug-likeness (QED) is 0.0600. The first-order chi connectivity index (χ1) is 29.9. The maximum absolute atomic E-state index is 12.3. The number of rotatable bonds is 26. The zero-order valence-corrected chi connectivity index (χ0v) is 39.0. The van der Waals surface area contributed by atoms with E-state index in [1.165, 1.54) is 50.6 Å². The Hall–Kier alpha value is -4.10. The van der Waals surface area contributed by atoms with Gasteiger partial charge in [-0.25, -0.2) is 33.7 Å². The fourth-order valence-electron chi connectivity index (χ4n) is 8.47. The second kappa shape index (κ2) is 21.9.